The molecule has 3 aromatic rings. The summed E-state index contributed by atoms with van der Waals surface area (Å²) in [5.41, 5.74) is 0.450. The first-order valence-corrected chi connectivity index (χ1v) is 12.9. The van der Waals surface area contributed by atoms with Crippen LogP contribution < -0.4 is 4.90 Å². The number of halogens is 4. The zero-order valence-electron chi connectivity index (χ0n) is 19.3. The molecule has 2 heterocycles. The van der Waals surface area contributed by atoms with Gasteiger partial charge in [-0.3, -0.25) is 4.79 Å². The number of anilines is 1. The second kappa shape index (κ2) is 10.1. The Morgan fingerprint density at radius 3 is 2.39 bits per heavy atom. The van der Waals surface area contributed by atoms with E-state index in [9.17, 15) is 22.4 Å². The molecule has 5 rings (SSSR count). The molecule has 1 aliphatic heterocycles. The molecule has 5 nitrogen and oxygen atoms in total. The van der Waals surface area contributed by atoms with Gasteiger partial charge in [0.1, 0.15) is 5.82 Å². The molecule has 1 saturated carbocycles. The van der Waals surface area contributed by atoms with Crippen LogP contribution in [0, 0.1) is 5.82 Å². The molecule has 1 aliphatic carbocycles. The lowest BCUT2D eigenvalue weighted by Gasteiger charge is -2.28. The fourth-order valence-corrected chi connectivity index (χ4v) is 5.11. The van der Waals surface area contributed by atoms with Crippen LogP contribution in [0.25, 0.3) is 11.3 Å². The molecule has 2 aromatic carbocycles. The summed E-state index contributed by atoms with van der Waals surface area (Å²) in [6.45, 7) is 1.66. The fourth-order valence-electron chi connectivity index (χ4n) is 4.21. The van der Waals surface area contributed by atoms with Crippen LogP contribution in [0.1, 0.15) is 34.3 Å². The lowest BCUT2D eigenvalue weighted by Crippen LogP contribution is -2.35. The van der Waals surface area contributed by atoms with Gasteiger partial charge in [0.2, 0.25) is 5.95 Å². The average Bonchev–Trinajstić information content (AvgIpc) is 3.73. The van der Waals surface area contributed by atoms with Gasteiger partial charge in [0.15, 0.2) is 0 Å². The van der Waals surface area contributed by atoms with E-state index in [0.717, 1.165) is 49.6 Å². The molecule has 1 saturated heterocycles. The molecule has 0 radical (unpaired) electrons. The molecule has 2 aliphatic rings. The van der Waals surface area contributed by atoms with Crippen LogP contribution >= 0.6 is 11.8 Å². The number of thioether (sulfide) groups is 1. The van der Waals surface area contributed by atoms with Gasteiger partial charge in [0.25, 0.3) is 5.91 Å². The van der Waals surface area contributed by atoms with E-state index in [4.69, 9.17) is 0 Å². The van der Waals surface area contributed by atoms with E-state index >= 15 is 0 Å². The van der Waals surface area contributed by atoms with E-state index in [-0.39, 0.29) is 35.3 Å². The molecule has 10 heteroatoms. The van der Waals surface area contributed by atoms with Crippen molar-refractivity contribution in [3.05, 3.63) is 77.2 Å². The number of aromatic nitrogens is 2. The number of rotatable bonds is 6. The SMILES string of the molecule is O=C(c1cnc(N2CCSCC2)nc1-c1ccccc1F)N(Cc1ccc(C(F)(F)F)cc1)C1CC1. The van der Waals surface area contributed by atoms with E-state index in [0.29, 0.717) is 11.5 Å². The molecule has 0 unspecified atom stereocenters. The number of alkyl halides is 3. The first-order chi connectivity index (χ1) is 17.3. The van der Waals surface area contributed by atoms with Gasteiger partial charge in [-0.2, -0.15) is 24.9 Å². The monoisotopic (exact) mass is 516 g/mol. The Labute approximate surface area is 210 Å². The Bertz CT molecular complexity index is 1240. The third kappa shape index (κ3) is 5.33. The summed E-state index contributed by atoms with van der Waals surface area (Å²) >= 11 is 1.84. The van der Waals surface area contributed by atoms with Crippen molar-refractivity contribution in [1.29, 1.82) is 0 Å². The minimum atomic E-state index is -4.43. The third-order valence-corrected chi connectivity index (χ3v) is 7.25. The Hall–Kier alpha value is -3.14. The van der Waals surface area contributed by atoms with Crippen LogP contribution in [0.2, 0.25) is 0 Å². The number of carbonyl (C=O) groups is 1. The average molecular weight is 517 g/mol. The van der Waals surface area contributed by atoms with Gasteiger partial charge in [-0.25, -0.2) is 14.4 Å². The van der Waals surface area contributed by atoms with Crippen molar-refractivity contribution < 1.29 is 22.4 Å². The second-order valence-electron chi connectivity index (χ2n) is 8.87. The Balaban J connectivity index is 1.49. The zero-order valence-corrected chi connectivity index (χ0v) is 20.2. The van der Waals surface area contributed by atoms with Crippen LogP contribution in [0.15, 0.2) is 54.7 Å². The summed E-state index contributed by atoms with van der Waals surface area (Å²) in [5.74, 6) is 1.46. The van der Waals surface area contributed by atoms with Crippen LogP contribution in [-0.4, -0.2) is 51.4 Å². The van der Waals surface area contributed by atoms with E-state index in [1.165, 1.54) is 24.4 Å². The maximum atomic E-state index is 14.9. The molecular formula is C26H24F4N4OS. The van der Waals surface area contributed by atoms with Gasteiger partial charge in [0.05, 0.1) is 16.8 Å². The maximum Gasteiger partial charge on any atom is 0.416 e. The lowest BCUT2D eigenvalue weighted by atomic mass is 10.0. The number of amides is 1. The summed E-state index contributed by atoms with van der Waals surface area (Å²) in [6.07, 6.45) is -1.38. The highest BCUT2D eigenvalue weighted by Crippen LogP contribution is 2.34. The number of benzene rings is 2. The highest BCUT2D eigenvalue weighted by atomic mass is 32.2. The quantitative estimate of drug-likeness (QED) is 0.396. The number of nitrogens with zero attached hydrogens (tertiary/aromatic N) is 4. The van der Waals surface area contributed by atoms with Gasteiger partial charge in [-0.15, -0.1) is 0 Å². The highest BCUT2D eigenvalue weighted by Gasteiger charge is 2.35. The van der Waals surface area contributed by atoms with Gasteiger partial charge in [-0.05, 0) is 42.7 Å². The lowest BCUT2D eigenvalue weighted by molar-refractivity contribution is -0.137. The van der Waals surface area contributed by atoms with Gasteiger partial charge < -0.3 is 9.80 Å². The van der Waals surface area contributed by atoms with Crippen molar-refractivity contribution >= 4 is 23.6 Å². The molecule has 188 valence electrons. The number of hydrogen-bond acceptors (Lipinski definition) is 5. The van der Waals surface area contributed by atoms with E-state index in [1.807, 2.05) is 16.7 Å². The standard InChI is InChI=1S/C26H24F4N4OS/c27-22-4-2-1-3-20(22)23-21(15-31-25(32-23)33-11-13-36-14-12-33)24(35)34(19-9-10-19)16-17-5-7-18(8-6-17)26(28,29)30/h1-8,15,19H,9-14,16H2. The molecule has 0 spiro atoms. The Morgan fingerprint density at radius 1 is 1.06 bits per heavy atom. The molecule has 1 amide bonds. The first kappa shape index (κ1) is 24.5. The van der Waals surface area contributed by atoms with Crippen molar-refractivity contribution in [2.75, 3.05) is 29.5 Å². The van der Waals surface area contributed by atoms with Crippen molar-refractivity contribution in [3.63, 3.8) is 0 Å². The Morgan fingerprint density at radius 2 is 1.75 bits per heavy atom. The summed E-state index contributed by atoms with van der Waals surface area (Å²) in [6, 6.07) is 10.9. The highest BCUT2D eigenvalue weighted by molar-refractivity contribution is 7.99. The van der Waals surface area contributed by atoms with Gasteiger partial charge in [-0.1, -0.05) is 24.3 Å². The summed E-state index contributed by atoms with van der Waals surface area (Å²) < 4.78 is 53.7. The third-order valence-electron chi connectivity index (χ3n) is 6.31. The van der Waals surface area contributed by atoms with E-state index in [1.54, 1.807) is 23.1 Å². The molecule has 0 atom stereocenters. The van der Waals surface area contributed by atoms with Crippen LogP contribution in [-0.2, 0) is 12.7 Å². The normalized spacial score (nSPS) is 16.2. The molecule has 0 bridgehead atoms. The maximum absolute atomic E-state index is 14.9. The number of carbonyl (C=O) groups excluding carboxylic acids is 1. The van der Waals surface area contributed by atoms with Crippen LogP contribution in [0.5, 0.6) is 0 Å². The minimum absolute atomic E-state index is 0.0351. The minimum Gasteiger partial charge on any atom is -0.339 e. The van der Waals surface area contributed by atoms with Gasteiger partial charge >= 0.3 is 6.18 Å². The predicted octanol–water partition coefficient (Wildman–Crippen LogP) is 5.66. The second-order valence-corrected chi connectivity index (χ2v) is 10.1. The van der Waals surface area contributed by atoms with Crippen LogP contribution in [0.3, 0.4) is 0 Å². The molecule has 1 aromatic heterocycles. The van der Waals surface area contributed by atoms with Crippen LogP contribution in [0.4, 0.5) is 23.5 Å². The first-order valence-electron chi connectivity index (χ1n) is 11.7. The van der Waals surface area contributed by atoms with Crippen molar-refractivity contribution in [2.24, 2.45) is 0 Å². The molecule has 0 N–H and O–H groups in total. The zero-order chi connectivity index (χ0) is 25.3. The van der Waals surface area contributed by atoms with Crippen molar-refractivity contribution in [2.45, 2.75) is 31.6 Å². The Kier molecular flexibility index (Phi) is 6.87. The summed E-state index contributed by atoms with van der Waals surface area (Å²) in [5, 5.41) is 0. The number of hydrogen-bond donors (Lipinski definition) is 0. The van der Waals surface area contributed by atoms with E-state index < -0.39 is 17.6 Å². The van der Waals surface area contributed by atoms with Crippen molar-refractivity contribution in [1.82, 2.24) is 14.9 Å². The summed E-state index contributed by atoms with van der Waals surface area (Å²) in [7, 11) is 0. The summed E-state index contributed by atoms with van der Waals surface area (Å²) in [4.78, 5) is 26.5. The van der Waals surface area contributed by atoms with Gasteiger partial charge in [0, 0.05) is 48.9 Å². The fraction of sp³-hybridized carbons (Fsp3) is 0.346. The van der Waals surface area contributed by atoms with E-state index in [2.05, 4.69) is 9.97 Å². The molecule has 2 fully saturated rings. The smallest absolute Gasteiger partial charge is 0.339 e. The molecular weight excluding hydrogens is 492 g/mol. The molecule has 36 heavy (non-hydrogen) atoms. The predicted molar refractivity (Wildman–Crippen MR) is 131 cm³/mol. The van der Waals surface area contributed by atoms with Crippen molar-refractivity contribution in [3.8, 4) is 11.3 Å². The largest absolute Gasteiger partial charge is 0.416 e. The topological polar surface area (TPSA) is 49.3 Å².